The maximum atomic E-state index is 12.8. The molecule has 8 heteroatoms. The van der Waals surface area contributed by atoms with Crippen LogP contribution in [0.5, 0.6) is 0 Å². The fourth-order valence-corrected chi connectivity index (χ4v) is 5.54. The zero-order chi connectivity index (χ0) is 19.5. The first-order chi connectivity index (χ1) is 12.3. The van der Waals surface area contributed by atoms with Crippen LogP contribution in [0.15, 0.2) is 23.4 Å². The maximum Gasteiger partial charge on any atom is 0.261 e. The monoisotopic (exact) mass is 381 g/mol. The van der Waals surface area contributed by atoms with Gasteiger partial charge in [-0.2, -0.15) is 0 Å². The minimum Gasteiger partial charge on any atom is -0.273 e. The van der Waals surface area contributed by atoms with Crippen molar-refractivity contribution in [1.82, 2.24) is 5.01 Å². The highest BCUT2D eigenvalue weighted by Gasteiger charge is 2.70. The number of nitrogens with two attached hydrogens (primary N) is 1. The molecule has 1 saturated heterocycles. The van der Waals surface area contributed by atoms with E-state index in [1.807, 2.05) is 0 Å². The largest absolute Gasteiger partial charge is 0.273 e. The van der Waals surface area contributed by atoms with Gasteiger partial charge in [-0.3, -0.25) is 19.7 Å². The highest BCUT2D eigenvalue weighted by Crippen LogP contribution is 2.60. The highest BCUT2D eigenvalue weighted by molar-refractivity contribution is 8.01. The molecule has 2 aliphatic rings. The molecule has 7 nitrogen and oxygen atoms in total. The van der Waals surface area contributed by atoms with E-state index in [0.29, 0.717) is 6.42 Å². The van der Waals surface area contributed by atoms with Gasteiger partial charge in [-0.25, -0.2) is 10.9 Å². The summed E-state index contributed by atoms with van der Waals surface area (Å²) in [7, 11) is 0. The molecule has 2 N–H and O–H groups in total. The molecule has 26 heavy (non-hydrogen) atoms. The normalized spacial score (nSPS) is 29.0. The number of carbonyl (C=O) groups excluding carboxylic acids is 2. The van der Waals surface area contributed by atoms with Crippen molar-refractivity contribution < 1.29 is 14.5 Å². The van der Waals surface area contributed by atoms with E-state index in [1.165, 1.54) is 24.8 Å². The Hall–Kier alpha value is -1.67. The molecule has 3 atom stereocenters. The van der Waals surface area contributed by atoms with E-state index in [1.54, 1.807) is 13.0 Å². The van der Waals surface area contributed by atoms with Gasteiger partial charge in [0, 0.05) is 18.9 Å². The number of thioether (sulfide) groups is 1. The van der Waals surface area contributed by atoms with Gasteiger partial charge in [-0.05, 0) is 31.1 Å². The zero-order valence-electron chi connectivity index (χ0n) is 15.6. The summed E-state index contributed by atoms with van der Waals surface area (Å²) in [5.41, 5.74) is 0.749. The Morgan fingerprint density at radius 2 is 2.12 bits per heavy atom. The summed E-state index contributed by atoms with van der Waals surface area (Å²) in [4.78, 5) is 35.7. The average Bonchev–Trinajstić information content (AvgIpc) is 2.73. The lowest BCUT2D eigenvalue weighted by molar-refractivity contribution is -0.424. The average molecular weight is 381 g/mol. The number of hydrogen-bond acceptors (Lipinski definition) is 6. The predicted octanol–water partition coefficient (Wildman–Crippen LogP) is 3.04. The Kier molecular flexibility index (Phi) is 6.63. The third-order valence-electron chi connectivity index (χ3n) is 5.33. The van der Waals surface area contributed by atoms with Gasteiger partial charge in [0.25, 0.3) is 5.91 Å². The summed E-state index contributed by atoms with van der Waals surface area (Å²) in [6.45, 7) is 5.37. The molecule has 0 aromatic rings. The van der Waals surface area contributed by atoms with Crippen LogP contribution in [0.2, 0.25) is 0 Å². The van der Waals surface area contributed by atoms with Crippen LogP contribution >= 0.6 is 11.8 Å². The van der Waals surface area contributed by atoms with Crippen LogP contribution in [-0.2, 0) is 9.59 Å². The summed E-state index contributed by atoms with van der Waals surface area (Å²) >= 11 is 1.50. The Balaban J connectivity index is 2.26. The molecule has 2 fully saturated rings. The van der Waals surface area contributed by atoms with Crippen molar-refractivity contribution in [3.63, 3.8) is 0 Å². The van der Waals surface area contributed by atoms with E-state index in [0.717, 1.165) is 42.0 Å². The number of fused-ring (bicyclic) bond motifs is 1. The topological polar surface area (TPSA) is 107 Å². The van der Waals surface area contributed by atoms with E-state index in [2.05, 4.69) is 6.92 Å². The molecule has 1 saturated carbocycles. The van der Waals surface area contributed by atoms with Crippen LogP contribution in [0.1, 0.15) is 52.9 Å². The first kappa shape index (κ1) is 20.6. The van der Waals surface area contributed by atoms with Crippen LogP contribution in [-0.4, -0.2) is 32.2 Å². The Labute approximate surface area is 158 Å². The predicted molar refractivity (Wildman–Crippen MR) is 101 cm³/mol. The molecule has 0 bridgehead atoms. The van der Waals surface area contributed by atoms with Crippen molar-refractivity contribution in [3.05, 3.63) is 33.5 Å². The third kappa shape index (κ3) is 3.44. The van der Waals surface area contributed by atoms with E-state index in [9.17, 15) is 19.7 Å². The number of hydrazine groups is 1. The Bertz CT molecular complexity index is 661. The fourth-order valence-electron chi connectivity index (χ4n) is 3.80. The third-order valence-corrected chi connectivity index (χ3v) is 7.05. The number of unbranched alkanes of at least 4 members (excludes halogenated alkanes) is 3. The van der Waals surface area contributed by atoms with Gasteiger partial charge < -0.3 is 0 Å². The molecule has 0 aromatic carbocycles. The lowest BCUT2D eigenvalue weighted by Crippen LogP contribution is -2.57. The number of carbonyl (C=O) groups is 2. The van der Waals surface area contributed by atoms with Gasteiger partial charge in [0.15, 0.2) is 0 Å². The first-order valence-electron chi connectivity index (χ1n) is 9.07. The molecular weight excluding hydrogens is 354 g/mol. The molecule has 1 aliphatic carbocycles. The summed E-state index contributed by atoms with van der Waals surface area (Å²) in [5.74, 6) is 5.12. The summed E-state index contributed by atoms with van der Waals surface area (Å²) < 4.78 is -0.909. The van der Waals surface area contributed by atoms with Crippen LogP contribution in [0.4, 0.5) is 0 Å². The molecule has 0 unspecified atom stereocenters. The number of nitrogens with zero attached hydrogens (tertiary/aromatic N) is 2. The maximum absolute atomic E-state index is 12.8. The van der Waals surface area contributed by atoms with Crippen molar-refractivity contribution >= 4 is 23.6 Å². The number of nitro groups is 1. The standard InChI is InChI=1S/C18H27N3O4S/c1-4-6-7-8-9-26-18-14(13(5-2)10-12(3)21(24)25)11-15(18)16(22)20(19)17(18)23/h5,10,14-15H,4,6-9,11,19H2,1-3H3/b12-10+,13-5+/t14-,15-,18+/m1/s1. The molecule has 2 amide bonds. The molecule has 0 radical (unpaired) electrons. The second kappa shape index (κ2) is 8.35. The van der Waals surface area contributed by atoms with Gasteiger partial charge >= 0.3 is 0 Å². The molecule has 144 valence electrons. The SMILES string of the molecule is C/C=C(\C=C(/C)[N+](=O)[O-])[C@H]1C[C@@H]2C(=O)N(N)C(=O)[C@@]21SCCCCCC. The summed E-state index contributed by atoms with van der Waals surface area (Å²) in [5, 5.41) is 11.7. The van der Waals surface area contributed by atoms with Crippen molar-refractivity contribution in [3.8, 4) is 0 Å². The smallest absolute Gasteiger partial charge is 0.261 e. The van der Waals surface area contributed by atoms with E-state index in [-0.39, 0.29) is 23.4 Å². The number of rotatable bonds is 9. The van der Waals surface area contributed by atoms with Crippen molar-refractivity contribution in [2.24, 2.45) is 17.7 Å². The van der Waals surface area contributed by atoms with Crippen molar-refractivity contribution in [1.29, 1.82) is 0 Å². The molecular formula is C18H27N3O4S. The van der Waals surface area contributed by atoms with Gasteiger partial charge in [0.2, 0.25) is 11.6 Å². The highest BCUT2D eigenvalue weighted by atomic mass is 32.2. The minimum absolute atomic E-state index is 0.0195. The first-order valence-corrected chi connectivity index (χ1v) is 10.1. The van der Waals surface area contributed by atoms with E-state index >= 15 is 0 Å². The second-order valence-corrected chi connectivity index (χ2v) is 8.26. The molecule has 0 spiro atoms. The number of imide groups is 1. The molecule has 0 aromatic heterocycles. The molecule has 1 heterocycles. The Morgan fingerprint density at radius 1 is 1.42 bits per heavy atom. The summed E-state index contributed by atoms with van der Waals surface area (Å²) in [6, 6.07) is 0. The van der Waals surface area contributed by atoms with Gasteiger partial charge in [-0.1, -0.05) is 32.3 Å². The van der Waals surface area contributed by atoms with Crippen LogP contribution in [0, 0.1) is 22.0 Å². The number of amides is 2. The second-order valence-electron chi connectivity index (χ2n) is 6.89. The van der Waals surface area contributed by atoms with Crippen molar-refractivity contribution in [2.45, 2.75) is 57.6 Å². The number of hydrogen-bond donors (Lipinski definition) is 1. The minimum atomic E-state index is -0.909. The molecule has 1 aliphatic heterocycles. The quantitative estimate of drug-likeness (QED) is 0.125. The fraction of sp³-hybridized carbons (Fsp3) is 0.667. The van der Waals surface area contributed by atoms with Gasteiger partial charge in [0.1, 0.15) is 4.75 Å². The van der Waals surface area contributed by atoms with Crippen LogP contribution in [0.25, 0.3) is 0 Å². The van der Waals surface area contributed by atoms with E-state index < -0.39 is 15.6 Å². The summed E-state index contributed by atoms with van der Waals surface area (Å²) in [6.07, 6.45) is 8.13. The van der Waals surface area contributed by atoms with Crippen molar-refractivity contribution in [2.75, 3.05) is 5.75 Å². The lowest BCUT2D eigenvalue weighted by atomic mass is 9.62. The van der Waals surface area contributed by atoms with Crippen LogP contribution in [0.3, 0.4) is 0 Å². The molecule has 2 rings (SSSR count). The zero-order valence-corrected chi connectivity index (χ0v) is 16.4. The van der Waals surface area contributed by atoms with Crippen LogP contribution < -0.4 is 5.84 Å². The van der Waals surface area contributed by atoms with Gasteiger partial charge in [-0.15, -0.1) is 11.8 Å². The number of allylic oxidation sites excluding steroid dienone is 4. The lowest BCUT2D eigenvalue weighted by Gasteiger charge is -2.48. The van der Waals surface area contributed by atoms with Gasteiger partial charge in [0.05, 0.1) is 10.8 Å². The Morgan fingerprint density at radius 3 is 2.65 bits per heavy atom. The van der Waals surface area contributed by atoms with E-state index in [4.69, 9.17) is 5.84 Å².